The summed E-state index contributed by atoms with van der Waals surface area (Å²) >= 11 is 0. The molecular weight excluding hydrogens is 376 g/mol. The first-order valence-electron chi connectivity index (χ1n) is 10.5. The molecule has 0 radical (unpaired) electrons. The lowest BCUT2D eigenvalue weighted by Gasteiger charge is -2.16. The Balaban J connectivity index is 1.71. The molecular formula is C29H20N2. The number of benzene rings is 4. The van der Waals surface area contributed by atoms with Crippen LogP contribution in [0.3, 0.4) is 0 Å². The lowest BCUT2D eigenvalue weighted by Crippen LogP contribution is -1.94. The van der Waals surface area contributed by atoms with E-state index < -0.39 is 0 Å². The van der Waals surface area contributed by atoms with E-state index >= 15 is 0 Å². The van der Waals surface area contributed by atoms with Crippen LogP contribution in [0.25, 0.3) is 49.9 Å². The topological polar surface area (TPSA) is 17.3 Å². The summed E-state index contributed by atoms with van der Waals surface area (Å²) in [6, 6.07) is 38.3. The number of pyridine rings is 1. The standard InChI is InChI=1S/C29H20N2/c1-3-10-21(11-4-1)24-16-9-17-25(22-12-5-2-6-13-22)28(24)27-20-30-29-26-15-8-7-14-23(26)18-19-31(27)29/h1-20H. The second kappa shape index (κ2) is 7.26. The number of hydrogen-bond donors (Lipinski definition) is 0. The molecule has 0 bridgehead atoms. The highest BCUT2D eigenvalue weighted by atomic mass is 15.0. The molecule has 0 atom stereocenters. The van der Waals surface area contributed by atoms with Crippen LogP contribution >= 0.6 is 0 Å². The van der Waals surface area contributed by atoms with Gasteiger partial charge < -0.3 is 0 Å². The van der Waals surface area contributed by atoms with Crippen molar-refractivity contribution in [3.63, 3.8) is 0 Å². The van der Waals surface area contributed by atoms with Gasteiger partial charge in [0.05, 0.1) is 11.9 Å². The van der Waals surface area contributed by atoms with Crippen LogP contribution in [-0.2, 0) is 0 Å². The molecule has 0 saturated carbocycles. The Labute approximate surface area is 181 Å². The second-order valence-electron chi connectivity index (χ2n) is 7.70. The van der Waals surface area contributed by atoms with Crippen LogP contribution in [-0.4, -0.2) is 9.38 Å². The van der Waals surface area contributed by atoms with Gasteiger partial charge in [0, 0.05) is 17.1 Å². The third-order valence-electron chi connectivity index (χ3n) is 5.89. The molecule has 146 valence electrons. The highest BCUT2D eigenvalue weighted by molar-refractivity contribution is 5.98. The second-order valence-corrected chi connectivity index (χ2v) is 7.70. The van der Waals surface area contributed by atoms with Crippen LogP contribution in [0.4, 0.5) is 0 Å². The lowest BCUT2D eigenvalue weighted by atomic mass is 9.90. The monoisotopic (exact) mass is 396 g/mol. The fraction of sp³-hybridized carbons (Fsp3) is 0. The maximum Gasteiger partial charge on any atom is 0.145 e. The Kier molecular flexibility index (Phi) is 4.14. The highest BCUT2D eigenvalue weighted by Gasteiger charge is 2.18. The van der Waals surface area contributed by atoms with Gasteiger partial charge in [0.15, 0.2) is 0 Å². The van der Waals surface area contributed by atoms with Crippen molar-refractivity contribution in [3.8, 4) is 33.5 Å². The van der Waals surface area contributed by atoms with Gasteiger partial charge in [-0.3, -0.25) is 4.40 Å². The SMILES string of the molecule is c1ccc(-c2cccc(-c3ccccc3)c2-c2cnc3c4ccccc4ccn23)cc1. The molecule has 0 aliphatic rings. The Hall–Kier alpha value is -4.17. The zero-order valence-corrected chi connectivity index (χ0v) is 16.9. The van der Waals surface area contributed by atoms with Gasteiger partial charge in [-0.2, -0.15) is 0 Å². The number of fused-ring (bicyclic) bond motifs is 3. The van der Waals surface area contributed by atoms with E-state index in [1.165, 1.54) is 33.2 Å². The number of aromatic nitrogens is 2. The van der Waals surface area contributed by atoms with Gasteiger partial charge in [0.2, 0.25) is 0 Å². The number of nitrogens with zero attached hydrogens (tertiary/aromatic N) is 2. The van der Waals surface area contributed by atoms with E-state index in [0.29, 0.717) is 0 Å². The molecule has 0 aliphatic heterocycles. The summed E-state index contributed by atoms with van der Waals surface area (Å²) in [5.74, 6) is 0. The molecule has 31 heavy (non-hydrogen) atoms. The molecule has 6 aromatic rings. The highest BCUT2D eigenvalue weighted by Crippen LogP contribution is 2.40. The Morgan fingerprint density at radius 1 is 0.548 bits per heavy atom. The van der Waals surface area contributed by atoms with Crippen molar-refractivity contribution in [2.45, 2.75) is 0 Å². The van der Waals surface area contributed by atoms with Gasteiger partial charge in [-0.25, -0.2) is 4.98 Å². The van der Waals surface area contributed by atoms with E-state index in [0.717, 1.165) is 16.7 Å². The fourth-order valence-electron chi connectivity index (χ4n) is 4.44. The summed E-state index contributed by atoms with van der Waals surface area (Å²) < 4.78 is 2.22. The summed E-state index contributed by atoms with van der Waals surface area (Å²) in [7, 11) is 0. The van der Waals surface area contributed by atoms with Crippen molar-refractivity contribution < 1.29 is 0 Å². The average Bonchev–Trinajstić information content (AvgIpc) is 3.29. The van der Waals surface area contributed by atoms with E-state index in [9.17, 15) is 0 Å². The smallest absolute Gasteiger partial charge is 0.145 e. The minimum absolute atomic E-state index is 0.981. The quantitative estimate of drug-likeness (QED) is 0.303. The van der Waals surface area contributed by atoms with Gasteiger partial charge >= 0.3 is 0 Å². The first-order chi connectivity index (χ1) is 15.4. The maximum absolute atomic E-state index is 4.86. The molecule has 0 amide bonds. The molecule has 4 aromatic carbocycles. The fourth-order valence-corrected chi connectivity index (χ4v) is 4.44. The van der Waals surface area contributed by atoms with E-state index in [1.807, 2.05) is 6.20 Å². The summed E-state index contributed by atoms with van der Waals surface area (Å²) in [5, 5.41) is 2.36. The molecule has 0 spiro atoms. The number of hydrogen-bond acceptors (Lipinski definition) is 1. The largest absolute Gasteiger partial charge is 0.299 e. The first kappa shape index (κ1) is 17.7. The summed E-state index contributed by atoms with van der Waals surface area (Å²) in [4.78, 5) is 4.86. The third-order valence-corrected chi connectivity index (χ3v) is 5.89. The molecule has 0 aliphatic carbocycles. The Morgan fingerprint density at radius 2 is 1.16 bits per heavy atom. The summed E-state index contributed by atoms with van der Waals surface area (Å²) in [6.07, 6.45) is 4.15. The van der Waals surface area contributed by atoms with Crippen LogP contribution < -0.4 is 0 Å². The molecule has 2 aromatic heterocycles. The predicted molar refractivity (Wildman–Crippen MR) is 129 cm³/mol. The van der Waals surface area contributed by atoms with Gasteiger partial charge in [0.25, 0.3) is 0 Å². The molecule has 2 heterocycles. The van der Waals surface area contributed by atoms with Crippen LogP contribution in [0.2, 0.25) is 0 Å². The van der Waals surface area contributed by atoms with Crippen molar-refractivity contribution >= 4 is 16.4 Å². The van der Waals surface area contributed by atoms with Gasteiger partial charge in [-0.1, -0.05) is 103 Å². The van der Waals surface area contributed by atoms with E-state index in [4.69, 9.17) is 4.98 Å². The van der Waals surface area contributed by atoms with E-state index in [2.05, 4.69) is 120 Å². The molecule has 2 heteroatoms. The average molecular weight is 396 g/mol. The van der Waals surface area contributed by atoms with Crippen molar-refractivity contribution in [1.29, 1.82) is 0 Å². The number of imidazole rings is 1. The van der Waals surface area contributed by atoms with Crippen LogP contribution in [0.15, 0.2) is 122 Å². The first-order valence-corrected chi connectivity index (χ1v) is 10.5. The third kappa shape index (κ3) is 2.92. The number of rotatable bonds is 3. The molecule has 0 fully saturated rings. The van der Waals surface area contributed by atoms with Crippen molar-refractivity contribution in [3.05, 3.63) is 122 Å². The zero-order chi connectivity index (χ0) is 20.6. The van der Waals surface area contributed by atoms with Gasteiger partial charge in [-0.15, -0.1) is 0 Å². The summed E-state index contributed by atoms with van der Waals surface area (Å²) in [5.41, 5.74) is 8.09. The zero-order valence-electron chi connectivity index (χ0n) is 16.9. The maximum atomic E-state index is 4.86. The van der Waals surface area contributed by atoms with Crippen molar-refractivity contribution in [2.75, 3.05) is 0 Å². The Morgan fingerprint density at radius 3 is 1.84 bits per heavy atom. The van der Waals surface area contributed by atoms with Gasteiger partial charge in [0.1, 0.15) is 5.65 Å². The van der Waals surface area contributed by atoms with Crippen molar-refractivity contribution in [2.24, 2.45) is 0 Å². The minimum atomic E-state index is 0.981. The van der Waals surface area contributed by atoms with Crippen LogP contribution in [0.1, 0.15) is 0 Å². The minimum Gasteiger partial charge on any atom is -0.299 e. The van der Waals surface area contributed by atoms with Gasteiger partial charge in [-0.05, 0) is 33.7 Å². The van der Waals surface area contributed by atoms with Crippen LogP contribution in [0.5, 0.6) is 0 Å². The predicted octanol–water partition coefficient (Wildman–Crippen LogP) is 7.49. The van der Waals surface area contributed by atoms with E-state index in [1.54, 1.807) is 0 Å². The van der Waals surface area contributed by atoms with Crippen molar-refractivity contribution in [1.82, 2.24) is 9.38 Å². The molecule has 0 unspecified atom stereocenters. The van der Waals surface area contributed by atoms with E-state index in [-0.39, 0.29) is 0 Å². The molecule has 6 rings (SSSR count). The normalized spacial score (nSPS) is 11.2. The molecule has 0 saturated heterocycles. The van der Waals surface area contributed by atoms with Crippen LogP contribution in [0, 0.1) is 0 Å². The molecule has 2 nitrogen and oxygen atoms in total. The Bertz CT molecular complexity index is 1460. The lowest BCUT2D eigenvalue weighted by molar-refractivity contribution is 1.21. The molecule has 0 N–H and O–H groups in total. The summed E-state index contributed by atoms with van der Waals surface area (Å²) in [6.45, 7) is 0.